The largest absolute Gasteiger partial charge is 0.399 e. The number of carbonyl (C=O) groups excluding carboxylic acids is 1. The maximum Gasteiger partial charge on any atom is 0.254 e. The summed E-state index contributed by atoms with van der Waals surface area (Å²) >= 11 is 3.32. The number of nitrogen functional groups attached to an aromatic ring is 1. The van der Waals surface area contributed by atoms with Gasteiger partial charge in [-0.05, 0) is 25.1 Å². The molecule has 0 fully saturated rings. The van der Waals surface area contributed by atoms with Gasteiger partial charge in [-0.1, -0.05) is 15.9 Å². The first-order valence-corrected chi connectivity index (χ1v) is 6.44. The van der Waals surface area contributed by atoms with Gasteiger partial charge in [0.15, 0.2) is 5.82 Å². The van der Waals surface area contributed by atoms with Crippen LogP contribution < -0.4 is 5.73 Å². The van der Waals surface area contributed by atoms with Gasteiger partial charge in [0.05, 0.1) is 6.54 Å². The number of anilines is 1. The molecule has 0 aliphatic rings. The van der Waals surface area contributed by atoms with Crippen molar-refractivity contribution in [3.8, 4) is 0 Å². The van der Waals surface area contributed by atoms with Gasteiger partial charge in [0.25, 0.3) is 5.91 Å². The van der Waals surface area contributed by atoms with E-state index in [1.807, 2.05) is 6.92 Å². The van der Waals surface area contributed by atoms with E-state index in [0.29, 0.717) is 23.6 Å². The first-order chi connectivity index (χ1) is 8.95. The van der Waals surface area contributed by atoms with Crippen molar-refractivity contribution in [2.24, 2.45) is 0 Å². The molecular formula is C12H14BrN5O. The van der Waals surface area contributed by atoms with Crippen molar-refractivity contribution < 1.29 is 4.79 Å². The lowest BCUT2D eigenvalue weighted by Gasteiger charge is -2.15. The number of hydrogen-bond donors (Lipinski definition) is 2. The van der Waals surface area contributed by atoms with Crippen LogP contribution in [0.15, 0.2) is 22.7 Å². The number of amides is 1. The molecule has 0 bridgehead atoms. The van der Waals surface area contributed by atoms with Crippen LogP contribution in [0.3, 0.4) is 0 Å². The SMILES string of the molecule is Cc1nc(CN(C)C(=O)c2cc(N)cc(Br)c2)n[nH]1. The van der Waals surface area contributed by atoms with Gasteiger partial charge in [0, 0.05) is 22.8 Å². The topological polar surface area (TPSA) is 87.9 Å². The molecule has 2 aromatic rings. The number of nitrogens with one attached hydrogen (secondary N) is 1. The minimum absolute atomic E-state index is 0.129. The molecule has 2 rings (SSSR count). The van der Waals surface area contributed by atoms with Crippen LogP contribution in [0, 0.1) is 6.92 Å². The van der Waals surface area contributed by atoms with Gasteiger partial charge in [-0.2, -0.15) is 5.10 Å². The number of aromatic nitrogens is 3. The summed E-state index contributed by atoms with van der Waals surface area (Å²) in [5.74, 6) is 1.18. The second-order valence-electron chi connectivity index (χ2n) is 4.27. The van der Waals surface area contributed by atoms with Gasteiger partial charge in [0.1, 0.15) is 5.82 Å². The summed E-state index contributed by atoms with van der Waals surface area (Å²) in [7, 11) is 1.70. The molecule has 0 saturated carbocycles. The quantitative estimate of drug-likeness (QED) is 0.842. The molecule has 100 valence electrons. The third-order valence-corrected chi connectivity index (χ3v) is 2.99. The van der Waals surface area contributed by atoms with Crippen LogP contribution in [0.2, 0.25) is 0 Å². The highest BCUT2D eigenvalue weighted by atomic mass is 79.9. The van der Waals surface area contributed by atoms with Crippen molar-refractivity contribution >= 4 is 27.5 Å². The fourth-order valence-electron chi connectivity index (χ4n) is 1.70. The molecule has 3 N–H and O–H groups in total. The molecule has 1 aromatic carbocycles. The molecular weight excluding hydrogens is 310 g/mol. The van der Waals surface area contributed by atoms with Crippen molar-refractivity contribution in [2.75, 3.05) is 12.8 Å². The minimum Gasteiger partial charge on any atom is -0.399 e. The predicted octanol–water partition coefficient (Wildman–Crippen LogP) is 1.73. The van der Waals surface area contributed by atoms with E-state index in [2.05, 4.69) is 31.1 Å². The Balaban J connectivity index is 2.14. The highest BCUT2D eigenvalue weighted by molar-refractivity contribution is 9.10. The van der Waals surface area contributed by atoms with E-state index in [1.54, 1.807) is 30.1 Å². The van der Waals surface area contributed by atoms with Gasteiger partial charge in [-0.15, -0.1) is 0 Å². The Bertz CT molecular complexity index is 590. The number of nitrogens with two attached hydrogens (primary N) is 1. The zero-order valence-electron chi connectivity index (χ0n) is 10.6. The smallest absolute Gasteiger partial charge is 0.254 e. The van der Waals surface area contributed by atoms with E-state index in [-0.39, 0.29) is 5.91 Å². The Morgan fingerprint density at radius 1 is 1.47 bits per heavy atom. The zero-order chi connectivity index (χ0) is 14.0. The van der Waals surface area contributed by atoms with Gasteiger partial charge in [-0.3, -0.25) is 9.89 Å². The van der Waals surface area contributed by atoms with Crippen LogP contribution in [-0.4, -0.2) is 33.0 Å². The molecule has 0 saturated heterocycles. The highest BCUT2D eigenvalue weighted by Gasteiger charge is 2.14. The second kappa shape index (κ2) is 5.40. The number of benzene rings is 1. The van der Waals surface area contributed by atoms with E-state index in [9.17, 15) is 4.79 Å². The first-order valence-electron chi connectivity index (χ1n) is 5.65. The number of aryl methyl sites for hydroxylation is 1. The third kappa shape index (κ3) is 3.31. The summed E-state index contributed by atoms with van der Waals surface area (Å²) in [6.07, 6.45) is 0. The number of hydrogen-bond acceptors (Lipinski definition) is 4. The second-order valence-corrected chi connectivity index (χ2v) is 5.19. The van der Waals surface area contributed by atoms with E-state index in [0.717, 1.165) is 10.3 Å². The number of carbonyl (C=O) groups is 1. The number of aromatic amines is 1. The Morgan fingerprint density at radius 3 is 2.79 bits per heavy atom. The molecule has 0 aliphatic carbocycles. The number of nitrogens with zero attached hydrogens (tertiary/aromatic N) is 3. The van der Waals surface area contributed by atoms with Crippen LogP contribution in [-0.2, 0) is 6.54 Å². The fourth-order valence-corrected chi connectivity index (χ4v) is 2.21. The summed E-state index contributed by atoms with van der Waals surface area (Å²) in [6, 6.07) is 5.13. The Kier molecular flexibility index (Phi) is 3.84. The molecule has 7 heteroatoms. The van der Waals surface area contributed by atoms with Crippen LogP contribution in [0.4, 0.5) is 5.69 Å². The summed E-state index contributed by atoms with van der Waals surface area (Å²) in [5, 5.41) is 6.75. The monoisotopic (exact) mass is 323 g/mol. The Morgan fingerprint density at radius 2 is 2.21 bits per heavy atom. The summed E-state index contributed by atoms with van der Waals surface area (Å²) in [6.45, 7) is 2.16. The number of H-pyrrole nitrogens is 1. The molecule has 0 radical (unpaired) electrons. The summed E-state index contributed by atoms with van der Waals surface area (Å²) in [5.41, 5.74) is 6.79. The molecule has 6 nitrogen and oxygen atoms in total. The molecule has 1 heterocycles. The Labute approximate surface area is 119 Å². The first kappa shape index (κ1) is 13.5. The highest BCUT2D eigenvalue weighted by Crippen LogP contribution is 2.18. The fraction of sp³-hybridized carbons (Fsp3) is 0.250. The summed E-state index contributed by atoms with van der Waals surface area (Å²) in [4.78, 5) is 18.0. The van der Waals surface area contributed by atoms with Crippen molar-refractivity contribution in [1.29, 1.82) is 0 Å². The van der Waals surface area contributed by atoms with Crippen LogP contribution in [0.1, 0.15) is 22.0 Å². The zero-order valence-corrected chi connectivity index (χ0v) is 12.2. The maximum atomic E-state index is 12.2. The summed E-state index contributed by atoms with van der Waals surface area (Å²) < 4.78 is 0.776. The van der Waals surface area contributed by atoms with Gasteiger partial charge < -0.3 is 10.6 Å². The van der Waals surface area contributed by atoms with E-state index < -0.39 is 0 Å². The molecule has 19 heavy (non-hydrogen) atoms. The molecule has 0 unspecified atom stereocenters. The lowest BCUT2D eigenvalue weighted by atomic mass is 10.2. The molecule has 0 spiro atoms. The maximum absolute atomic E-state index is 12.2. The number of rotatable bonds is 3. The third-order valence-electron chi connectivity index (χ3n) is 2.54. The van der Waals surface area contributed by atoms with E-state index in [4.69, 9.17) is 5.73 Å². The molecule has 0 aliphatic heterocycles. The van der Waals surface area contributed by atoms with Crippen molar-refractivity contribution in [1.82, 2.24) is 20.1 Å². The van der Waals surface area contributed by atoms with E-state index in [1.165, 1.54) is 0 Å². The van der Waals surface area contributed by atoms with Crippen LogP contribution >= 0.6 is 15.9 Å². The van der Waals surface area contributed by atoms with Gasteiger partial charge >= 0.3 is 0 Å². The minimum atomic E-state index is -0.129. The molecule has 1 amide bonds. The standard InChI is InChI=1S/C12H14BrN5O/c1-7-15-11(17-16-7)6-18(2)12(19)8-3-9(13)5-10(14)4-8/h3-5H,6,14H2,1-2H3,(H,15,16,17). The van der Waals surface area contributed by atoms with Crippen LogP contribution in [0.5, 0.6) is 0 Å². The van der Waals surface area contributed by atoms with Gasteiger partial charge in [-0.25, -0.2) is 4.98 Å². The van der Waals surface area contributed by atoms with Crippen molar-refractivity contribution in [3.63, 3.8) is 0 Å². The number of halogens is 1. The van der Waals surface area contributed by atoms with Crippen molar-refractivity contribution in [3.05, 3.63) is 39.9 Å². The normalized spacial score (nSPS) is 10.5. The Hall–Kier alpha value is -1.89. The van der Waals surface area contributed by atoms with Crippen LogP contribution in [0.25, 0.3) is 0 Å². The lowest BCUT2D eigenvalue weighted by molar-refractivity contribution is 0.0781. The molecule has 1 aromatic heterocycles. The average molecular weight is 324 g/mol. The average Bonchev–Trinajstić information content (AvgIpc) is 2.72. The predicted molar refractivity (Wildman–Crippen MR) is 75.5 cm³/mol. The molecule has 0 atom stereocenters. The van der Waals surface area contributed by atoms with E-state index >= 15 is 0 Å². The van der Waals surface area contributed by atoms with Gasteiger partial charge in [0.2, 0.25) is 0 Å². The van der Waals surface area contributed by atoms with Crippen molar-refractivity contribution in [2.45, 2.75) is 13.5 Å². The lowest BCUT2D eigenvalue weighted by Crippen LogP contribution is -2.26.